The number of para-hydroxylation sites is 2. The number of hydrogen-bond acceptors (Lipinski definition) is 3. The van der Waals surface area contributed by atoms with Gasteiger partial charge in [-0.05, 0) is 24.1 Å². The van der Waals surface area contributed by atoms with Crippen LogP contribution in [0.15, 0.2) is 54.7 Å². The molecule has 0 bridgehead atoms. The fraction of sp³-hybridized carbons (Fsp3) is 0.318. The van der Waals surface area contributed by atoms with Gasteiger partial charge in [0.15, 0.2) is 0 Å². The minimum absolute atomic E-state index is 0.0206. The highest BCUT2D eigenvalue weighted by Crippen LogP contribution is 2.37. The van der Waals surface area contributed by atoms with Crippen LogP contribution in [0, 0.1) is 0 Å². The van der Waals surface area contributed by atoms with Crippen LogP contribution >= 0.6 is 0 Å². The molecule has 0 aliphatic heterocycles. The standard InChI is InChI=1S/C22H26N2O3/c1-26-13-7-12-23-22(25)14-18(17-9-4-6-11-21(17)27-2)19-15-24-20-10-5-3-8-16(19)20/h3-6,8-11,15,18,24H,7,12-14H2,1-2H3,(H,23,25)/t18-/m1/s1. The van der Waals surface area contributed by atoms with E-state index in [2.05, 4.69) is 16.4 Å². The summed E-state index contributed by atoms with van der Waals surface area (Å²) in [5, 5.41) is 4.12. The van der Waals surface area contributed by atoms with Crippen molar-refractivity contribution in [1.82, 2.24) is 10.3 Å². The van der Waals surface area contributed by atoms with Gasteiger partial charge in [-0.25, -0.2) is 0 Å². The fourth-order valence-electron chi connectivity index (χ4n) is 3.43. The third-order valence-corrected chi connectivity index (χ3v) is 4.75. The number of ether oxygens (including phenoxy) is 2. The molecular formula is C22H26N2O3. The van der Waals surface area contributed by atoms with Gasteiger partial charge in [-0.3, -0.25) is 4.79 Å². The maximum Gasteiger partial charge on any atom is 0.220 e. The number of carbonyl (C=O) groups is 1. The zero-order valence-electron chi connectivity index (χ0n) is 15.8. The molecule has 0 fully saturated rings. The number of aromatic amines is 1. The Labute approximate surface area is 159 Å². The Balaban J connectivity index is 1.91. The zero-order valence-corrected chi connectivity index (χ0v) is 15.8. The highest BCUT2D eigenvalue weighted by molar-refractivity contribution is 5.86. The quantitative estimate of drug-likeness (QED) is 0.566. The number of methoxy groups -OCH3 is 2. The first-order valence-electron chi connectivity index (χ1n) is 9.19. The van der Waals surface area contributed by atoms with E-state index in [1.807, 2.05) is 48.7 Å². The van der Waals surface area contributed by atoms with E-state index in [9.17, 15) is 4.79 Å². The van der Waals surface area contributed by atoms with Crippen LogP contribution in [0.1, 0.15) is 29.9 Å². The number of amides is 1. The number of H-pyrrole nitrogens is 1. The summed E-state index contributed by atoms with van der Waals surface area (Å²) in [6, 6.07) is 16.0. The van der Waals surface area contributed by atoms with Gasteiger partial charge < -0.3 is 19.8 Å². The van der Waals surface area contributed by atoms with Crippen LogP contribution in [0.4, 0.5) is 0 Å². The Morgan fingerprint density at radius 1 is 1.07 bits per heavy atom. The summed E-state index contributed by atoms with van der Waals surface area (Å²) < 4.78 is 10.6. The van der Waals surface area contributed by atoms with Crippen molar-refractivity contribution in [3.8, 4) is 5.75 Å². The molecule has 3 rings (SSSR count). The lowest BCUT2D eigenvalue weighted by atomic mass is 9.87. The van der Waals surface area contributed by atoms with Gasteiger partial charge in [0.25, 0.3) is 0 Å². The lowest BCUT2D eigenvalue weighted by molar-refractivity contribution is -0.121. The van der Waals surface area contributed by atoms with Gasteiger partial charge in [-0.15, -0.1) is 0 Å². The number of fused-ring (bicyclic) bond motifs is 1. The predicted octanol–water partition coefficient (Wildman–Crippen LogP) is 3.85. The molecule has 5 heteroatoms. The highest BCUT2D eigenvalue weighted by Gasteiger charge is 2.24. The summed E-state index contributed by atoms with van der Waals surface area (Å²) in [5.41, 5.74) is 3.17. The van der Waals surface area contributed by atoms with E-state index in [0.29, 0.717) is 19.6 Å². The number of hydrogen-bond donors (Lipinski definition) is 2. The van der Waals surface area contributed by atoms with E-state index >= 15 is 0 Å². The van der Waals surface area contributed by atoms with E-state index in [4.69, 9.17) is 9.47 Å². The smallest absolute Gasteiger partial charge is 0.220 e. The maximum atomic E-state index is 12.6. The van der Waals surface area contributed by atoms with Crippen molar-refractivity contribution in [3.05, 3.63) is 65.9 Å². The van der Waals surface area contributed by atoms with Gasteiger partial charge >= 0.3 is 0 Å². The summed E-state index contributed by atoms with van der Waals surface area (Å²) in [7, 11) is 3.33. The molecular weight excluding hydrogens is 340 g/mol. The zero-order chi connectivity index (χ0) is 19.1. The van der Waals surface area contributed by atoms with Crippen LogP contribution in [0.5, 0.6) is 5.75 Å². The summed E-state index contributed by atoms with van der Waals surface area (Å²) in [4.78, 5) is 15.9. The topological polar surface area (TPSA) is 63.4 Å². The van der Waals surface area contributed by atoms with Crippen molar-refractivity contribution < 1.29 is 14.3 Å². The number of aromatic nitrogens is 1. The summed E-state index contributed by atoms with van der Waals surface area (Å²) >= 11 is 0. The number of rotatable bonds is 9. The van der Waals surface area contributed by atoms with Crippen LogP contribution in [0.25, 0.3) is 10.9 Å². The number of benzene rings is 2. The van der Waals surface area contributed by atoms with E-state index in [1.54, 1.807) is 14.2 Å². The molecule has 0 spiro atoms. The largest absolute Gasteiger partial charge is 0.496 e. The van der Waals surface area contributed by atoms with Crippen LogP contribution in [-0.2, 0) is 9.53 Å². The third kappa shape index (κ3) is 4.49. The van der Waals surface area contributed by atoms with Gasteiger partial charge in [-0.1, -0.05) is 36.4 Å². The first-order chi connectivity index (χ1) is 13.2. The monoisotopic (exact) mass is 366 g/mol. The molecule has 2 aromatic carbocycles. The first kappa shape index (κ1) is 19.0. The third-order valence-electron chi connectivity index (χ3n) is 4.75. The molecule has 1 heterocycles. The first-order valence-corrected chi connectivity index (χ1v) is 9.19. The molecule has 1 atom stereocenters. The summed E-state index contributed by atoms with van der Waals surface area (Å²) in [5.74, 6) is 0.715. The molecule has 0 saturated heterocycles. The van der Waals surface area contributed by atoms with E-state index < -0.39 is 0 Å². The van der Waals surface area contributed by atoms with E-state index in [0.717, 1.165) is 34.2 Å². The Bertz CT molecular complexity index is 888. The summed E-state index contributed by atoms with van der Waals surface area (Å²) in [6.45, 7) is 1.25. The average Bonchev–Trinajstić information content (AvgIpc) is 3.13. The molecule has 0 saturated carbocycles. The molecule has 1 aromatic heterocycles. The second-order valence-corrected chi connectivity index (χ2v) is 6.48. The minimum atomic E-state index is -0.0975. The van der Waals surface area contributed by atoms with Crippen LogP contribution < -0.4 is 10.1 Å². The lowest BCUT2D eigenvalue weighted by Crippen LogP contribution is -2.27. The SMILES string of the molecule is COCCCNC(=O)C[C@H](c1ccccc1OC)c1c[nH]c2ccccc12. The molecule has 3 aromatic rings. The van der Waals surface area contributed by atoms with E-state index in [-0.39, 0.29) is 11.8 Å². The normalized spacial score (nSPS) is 12.1. The van der Waals surface area contributed by atoms with Gasteiger partial charge in [0.05, 0.1) is 7.11 Å². The molecule has 0 aliphatic carbocycles. The molecule has 2 N–H and O–H groups in total. The minimum Gasteiger partial charge on any atom is -0.496 e. The molecule has 0 unspecified atom stereocenters. The Kier molecular flexibility index (Phi) is 6.49. The second kappa shape index (κ2) is 9.24. The Morgan fingerprint density at radius 2 is 1.85 bits per heavy atom. The molecule has 0 radical (unpaired) electrons. The lowest BCUT2D eigenvalue weighted by Gasteiger charge is -2.19. The van der Waals surface area contributed by atoms with Gasteiger partial charge in [-0.2, -0.15) is 0 Å². The molecule has 142 valence electrons. The van der Waals surface area contributed by atoms with Crippen molar-refractivity contribution in [3.63, 3.8) is 0 Å². The van der Waals surface area contributed by atoms with Crippen LogP contribution in [-0.4, -0.2) is 38.3 Å². The highest BCUT2D eigenvalue weighted by atomic mass is 16.5. The van der Waals surface area contributed by atoms with Crippen molar-refractivity contribution >= 4 is 16.8 Å². The Morgan fingerprint density at radius 3 is 2.67 bits per heavy atom. The molecule has 5 nitrogen and oxygen atoms in total. The number of carbonyl (C=O) groups excluding carboxylic acids is 1. The van der Waals surface area contributed by atoms with Crippen molar-refractivity contribution in [1.29, 1.82) is 0 Å². The van der Waals surface area contributed by atoms with E-state index in [1.165, 1.54) is 0 Å². The van der Waals surface area contributed by atoms with Gasteiger partial charge in [0.1, 0.15) is 5.75 Å². The molecule has 1 amide bonds. The van der Waals surface area contributed by atoms with Crippen molar-refractivity contribution in [2.75, 3.05) is 27.4 Å². The van der Waals surface area contributed by atoms with Crippen LogP contribution in [0.2, 0.25) is 0 Å². The maximum absolute atomic E-state index is 12.6. The molecule has 0 aliphatic rings. The molecule has 27 heavy (non-hydrogen) atoms. The number of nitrogens with one attached hydrogen (secondary N) is 2. The van der Waals surface area contributed by atoms with Crippen LogP contribution in [0.3, 0.4) is 0 Å². The second-order valence-electron chi connectivity index (χ2n) is 6.48. The van der Waals surface area contributed by atoms with Gasteiger partial charge in [0, 0.05) is 55.3 Å². The average molecular weight is 366 g/mol. The van der Waals surface area contributed by atoms with Crippen molar-refractivity contribution in [2.24, 2.45) is 0 Å². The van der Waals surface area contributed by atoms with Gasteiger partial charge in [0.2, 0.25) is 5.91 Å². The van der Waals surface area contributed by atoms with Crippen molar-refractivity contribution in [2.45, 2.75) is 18.8 Å². The Hall–Kier alpha value is -2.79. The predicted molar refractivity (Wildman–Crippen MR) is 107 cm³/mol. The summed E-state index contributed by atoms with van der Waals surface area (Å²) in [6.07, 6.45) is 3.16. The fourth-order valence-corrected chi connectivity index (χ4v) is 3.43.